The van der Waals surface area contributed by atoms with E-state index in [4.69, 9.17) is 5.11 Å². The lowest BCUT2D eigenvalue weighted by atomic mass is 9.99. The number of rotatable bonds is 3. The lowest BCUT2D eigenvalue weighted by Gasteiger charge is -2.31. The third-order valence-electron chi connectivity index (χ3n) is 3.30. The van der Waals surface area contributed by atoms with Gasteiger partial charge in [0, 0.05) is 38.6 Å². The van der Waals surface area contributed by atoms with E-state index >= 15 is 0 Å². The van der Waals surface area contributed by atoms with Gasteiger partial charge in [0.25, 0.3) is 0 Å². The fraction of sp³-hybridized carbons (Fsp3) is 0.667. The second kappa shape index (κ2) is 4.81. The molecule has 0 spiro atoms. The van der Waals surface area contributed by atoms with Crippen LogP contribution in [-0.4, -0.2) is 34.3 Å². The summed E-state index contributed by atoms with van der Waals surface area (Å²) < 4.78 is 2.17. The van der Waals surface area contributed by atoms with E-state index < -0.39 is 0 Å². The Hall–Kier alpha value is -0.800. The van der Waals surface area contributed by atoms with Gasteiger partial charge in [0.2, 0.25) is 0 Å². The van der Waals surface area contributed by atoms with Crippen molar-refractivity contribution in [2.75, 3.05) is 19.7 Å². The van der Waals surface area contributed by atoms with E-state index in [9.17, 15) is 0 Å². The molecule has 1 N–H and O–H groups in total. The summed E-state index contributed by atoms with van der Waals surface area (Å²) in [6.07, 6.45) is 4.48. The number of hydrogen-bond acceptors (Lipinski definition) is 2. The maximum atomic E-state index is 9.16. The van der Waals surface area contributed by atoms with Gasteiger partial charge in [-0.3, -0.25) is 4.90 Å². The Kier molecular flexibility index (Phi) is 3.44. The molecule has 3 heteroatoms. The molecule has 1 aliphatic rings. The van der Waals surface area contributed by atoms with Crippen LogP contribution in [0.5, 0.6) is 0 Å². The zero-order valence-corrected chi connectivity index (χ0v) is 9.39. The molecule has 0 radical (unpaired) electrons. The van der Waals surface area contributed by atoms with Gasteiger partial charge in [0.05, 0.1) is 0 Å². The molecule has 1 aromatic heterocycles. The number of piperidine rings is 1. The molecule has 1 aromatic rings. The third kappa shape index (κ3) is 2.61. The lowest BCUT2D eigenvalue weighted by Crippen LogP contribution is -2.36. The Balaban J connectivity index is 1.92. The molecule has 1 fully saturated rings. The van der Waals surface area contributed by atoms with Crippen LogP contribution in [0.4, 0.5) is 0 Å². The van der Waals surface area contributed by atoms with Crippen LogP contribution in [0.2, 0.25) is 0 Å². The second-order valence-electron chi connectivity index (χ2n) is 4.54. The maximum Gasteiger partial charge on any atom is 0.0471 e. The minimum Gasteiger partial charge on any atom is -0.396 e. The van der Waals surface area contributed by atoms with Gasteiger partial charge in [-0.1, -0.05) is 0 Å². The Bertz CT molecular complexity index is 308. The molecule has 3 nitrogen and oxygen atoms in total. The molecule has 0 aromatic carbocycles. The number of aliphatic hydroxyl groups excluding tert-OH is 1. The Morgan fingerprint density at radius 1 is 1.53 bits per heavy atom. The number of hydrogen-bond donors (Lipinski definition) is 1. The molecular weight excluding hydrogens is 188 g/mol. The number of nitrogens with zero attached hydrogens (tertiary/aromatic N) is 2. The topological polar surface area (TPSA) is 28.4 Å². The molecule has 1 saturated heterocycles. The van der Waals surface area contributed by atoms with Gasteiger partial charge in [-0.2, -0.15) is 0 Å². The third-order valence-corrected chi connectivity index (χ3v) is 3.30. The SMILES string of the molecule is Cn1cccc1CN1CCC[C@@H](CO)C1. The standard InChI is InChI=1S/C12H20N2O/c1-13-6-3-5-12(13)9-14-7-2-4-11(8-14)10-15/h3,5-6,11,15H,2,4,7-10H2,1H3/t11-/m1/s1. The minimum absolute atomic E-state index is 0.337. The van der Waals surface area contributed by atoms with Crippen LogP contribution in [0.15, 0.2) is 18.3 Å². The van der Waals surface area contributed by atoms with Crippen molar-refractivity contribution < 1.29 is 5.11 Å². The zero-order valence-electron chi connectivity index (χ0n) is 9.39. The predicted molar refractivity (Wildman–Crippen MR) is 60.5 cm³/mol. The lowest BCUT2D eigenvalue weighted by molar-refractivity contribution is 0.114. The molecule has 0 amide bonds. The fourth-order valence-electron chi connectivity index (χ4n) is 2.33. The Morgan fingerprint density at radius 2 is 2.40 bits per heavy atom. The van der Waals surface area contributed by atoms with Gasteiger partial charge in [-0.15, -0.1) is 0 Å². The van der Waals surface area contributed by atoms with Crippen molar-refractivity contribution in [3.05, 3.63) is 24.0 Å². The van der Waals surface area contributed by atoms with Crippen LogP contribution >= 0.6 is 0 Å². The summed E-state index contributed by atoms with van der Waals surface area (Å²) in [4.78, 5) is 2.44. The van der Waals surface area contributed by atoms with Crippen LogP contribution < -0.4 is 0 Å². The van der Waals surface area contributed by atoms with Gasteiger partial charge in [-0.05, 0) is 37.4 Å². The first-order chi connectivity index (χ1) is 7.29. The summed E-state index contributed by atoms with van der Waals surface area (Å²) in [5.74, 6) is 0.485. The monoisotopic (exact) mass is 208 g/mol. The van der Waals surface area contributed by atoms with Crippen molar-refractivity contribution in [1.29, 1.82) is 0 Å². The van der Waals surface area contributed by atoms with Crippen molar-refractivity contribution in [2.45, 2.75) is 19.4 Å². The molecule has 0 bridgehead atoms. The highest BCUT2D eigenvalue weighted by Crippen LogP contribution is 2.17. The molecule has 0 aliphatic carbocycles. The fourth-order valence-corrected chi connectivity index (χ4v) is 2.33. The number of likely N-dealkylation sites (tertiary alicyclic amines) is 1. The first kappa shape index (κ1) is 10.7. The van der Waals surface area contributed by atoms with E-state index in [1.807, 2.05) is 0 Å². The molecule has 0 unspecified atom stereocenters. The van der Waals surface area contributed by atoms with Crippen molar-refractivity contribution >= 4 is 0 Å². The van der Waals surface area contributed by atoms with Gasteiger partial charge in [0.15, 0.2) is 0 Å². The maximum absolute atomic E-state index is 9.16. The van der Waals surface area contributed by atoms with Crippen LogP contribution in [0.25, 0.3) is 0 Å². The molecule has 84 valence electrons. The molecule has 1 atom stereocenters. The van der Waals surface area contributed by atoms with E-state index in [1.54, 1.807) is 0 Å². The van der Waals surface area contributed by atoms with Crippen LogP contribution in [0.1, 0.15) is 18.5 Å². The first-order valence-electron chi connectivity index (χ1n) is 5.73. The zero-order chi connectivity index (χ0) is 10.7. The average molecular weight is 208 g/mol. The van der Waals surface area contributed by atoms with Crippen molar-refractivity contribution in [3.8, 4) is 0 Å². The minimum atomic E-state index is 0.337. The van der Waals surface area contributed by atoms with Crippen LogP contribution in [-0.2, 0) is 13.6 Å². The van der Waals surface area contributed by atoms with Crippen molar-refractivity contribution in [1.82, 2.24) is 9.47 Å². The van der Waals surface area contributed by atoms with E-state index in [1.165, 1.54) is 25.1 Å². The Morgan fingerprint density at radius 3 is 3.07 bits per heavy atom. The summed E-state index contributed by atoms with van der Waals surface area (Å²) >= 11 is 0. The predicted octanol–water partition coefficient (Wildman–Crippen LogP) is 1.23. The number of aliphatic hydroxyl groups is 1. The van der Waals surface area contributed by atoms with E-state index in [2.05, 4.69) is 34.8 Å². The second-order valence-corrected chi connectivity index (χ2v) is 4.54. The summed E-state index contributed by atoms with van der Waals surface area (Å²) in [6, 6.07) is 4.26. The first-order valence-corrected chi connectivity index (χ1v) is 5.73. The Labute approximate surface area is 91.3 Å². The smallest absolute Gasteiger partial charge is 0.0471 e. The average Bonchev–Trinajstić information content (AvgIpc) is 2.65. The molecular formula is C12H20N2O. The quantitative estimate of drug-likeness (QED) is 0.809. The summed E-state index contributed by atoms with van der Waals surface area (Å²) in [7, 11) is 2.09. The molecule has 2 rings (SSSR count). The summed E-state index contributed by atoms with van der Waals surface area (Å²) in [5.41, 5.74) is 1.36. The van der Waals surface area contributed by atoms with Gasteiger partial charge in [0.1, 0.15) is 0 Å². The normalized spacial score (nSPS) is 23.2. The highest BCUT2D eigenvalue weighted by Gasteiger charge is 2.19. The van der Waals surface area contributed by atoms with E-state index in [-0.39, 0.29) is 0 Å². The van der Waals surface area contributed by atoms with E-state index in [0.29, 0.717) is 12.5 Å². The number of aryl methyl sites for hydroxylation is 1. The van der Waals surface area contributed by atoms with Gasteiger partial charge in [-0.25, -0.2) is 0 Å². The van der Waals surface area contributed by atoms with Crippen molar-refractivity contribution in [3.63, 3.8) is 0 Å². The molecule has 1 aliphatic heterocycles. The van der Waals surface area contributed by atoms with Crippen LogP contribution in [0, 0.1) is 5.92 Å². The highest BCUT2D eigenvalue weighted by molar-refractivity contribution is 5.06. The molecule has 15 heavy (non-hydrogen) atoms. The van der Waals surface area contributed by atoms with Crippen LogP contribution in [0.3, 0.4) is 0 Å². The summed E-state index contributed by atoms with van der Waals surface area (Å²) in [6.45, 7) is 3.56. The summed E-state index contributed by atoms with van der Waals surface area (Å²) in [5, 5.41) is 9.16. The number of aromatic nitrogens is 1. The van der Waals surface area contributed by atoms with Gasteiger partial charge < -0.3 is 9.67 Å². The highest BCUT2D eigenvalue weighted by atomic mass is 16.3. The largest absolute Gasteiger partial charge is 0.396 e. The van der Waals surface area contributed by atoms with E-state index in [0.717, 1.165) is 13.1 Å². The van der Waals surface area contributed by atoms with Crippen molar-refractivity contribution in [2.24, 2.45) is 13.0 Å². The van der Waals surface area contributed by atoms with Gasteiger partial charge >= 0.3 is 0 Å². The molecule has 2 heterocycles. The molecule has 0 saturated carbocycles.